The maximum absolute atomic E-state index is 10.5. The molecule has 0 radical (unpaired) electrons. The van der Waals surface area contributed by atoms with Crippen LogP contribution in [-0.4, -0.2) is 44.9 Å². The molecule has 2 atom stereocenters. The summed E-state index contributed by atoms with van der Waals surface area (Å²) in [7, 11) is 3.25. The molecule has 0 bridgehead atoms. The number of ether oxygens (including phenoxy) is 5. The minimum absolute atomic E-state index is 0.0643. The number of hydrogen-bond donors (Lipinski definition) is 1. The Morgan fingerprint density at radius 2 is 1.20 bits per heavy atom. The van der Waals surface area contributed by atoms with Gasteiger partial charge in [0, 0.05) is 15.6 Å². The number of hydrogen-bond acceptors (Lipinski definition) is 6. The lowest BCUT2D eigenvalue weighted by Crippen LogP contribution is -2.40. The van der Waals surface area contributed by atoms with Crippen LogP contribution in [-0.2, 0) is 26.4 Å². The standard InChI is InChI=1S/C33H34Cl2O6/c1-23(40-22-30-31(34)10-7-11-32(30)35)39-21-29(20-36)41-33(24-8-5-4-6-9-24,25-12-16-27(37-2)17-13-25)26-14-18-28(38-3)19-15-26/h4-19,23,29,36H,20-22H2,1-3H3. The van der Waals surface area contributed by atoms with Gasteiger partial charge in [-0.15, -0.1) is 0 Å². The van der Waals surface area contributed by atoms with Crippen molar-refractivity contribution in [2.75, 3.05) is 27.4 Å². The molecular formula is C33H34Cl2O6. The molecule has 0 heterocycles. The van der Waals surface area contributed by atoms with Gasteiger partial charge in [0.25, 0.3) is 0 Å². The maximum Gasteiger partial charge on any atom is 0.155 e. The summed E-state index contributed by atoms with van der Waals surface area (Å²) in [5, 5.41) is 11.5. The summed E-state index contributed by atoms with van der Waals surface area (Å²) in [5.74, 6) is 1.44. The third kappa shape index (κ3) is 7.41. The molecule has 0 saturated carbocycles. The molecule has 0 fully saturated rings. The Morgan fingerprint density at radius 3 is 1.68 bits per heavy atom. The summed E-state index contributed by atoms with van der Waals surface area (Å²) >= 11 is 12.5. The Balaban J connectivity index is 1.64. The fourth-order valence-corrected chi connectivity index (χ4v) is 5.07. The van der Waals surface area contributed by atoms with Crippen molar-refractivity contribution in [2.45, 2.75) is 31.5 Å². The fourth-order valence-electron chi connectivity index (χ4n) is 4.56. The topological polar surface area (TPSA) is 66.4 Å². The number of rotatable bonds is 14. The molecule has 1 N–H and O–H groups in total. The molecule has 0 aromatic heterocycles. The first-order chi connectivity index (χ1) is 19.9. The number of methoxy groups -OCH3 is 2. The van der Waals surface area contributed by atoms with E-state index in [9.17, 15) is 5.11 Å². The molecule has 2 unspecified atom stereocenters. The first-order valence-corrected chi connectivity index (χ1v) is 14.0. The van der Waals surface area contributed by atoms with Gasteiger partial charge in [0.15, 0.2) is 6.29 Å². The highest BCUT2D eigenvalue weighted by molar-refractivity contribution is 6.35. The summed E-state index contributed by atoms with van der Waals surface area (Å²) in [6.45, 7) is 1.73. The molecule has 0 spiro atoms. The van der Waals surface area contributed by atoms with Gasteiger partial charge in [0.2, 0.25) is 0 Å². The minimum atomic E-state index is -1.09. The van der Waals surface area contributed by atoms with E-state index in [2.05, 4.69) is 0 Å². The Morgan fingerprint density at radius 1 is 0.683 bits per heavy atom. The van der Waals surface area contributed by atoms with Crippen LogP contribution in [0, 0.1) is 0 Å². The zero-order valence-electron chi connectivity index (χ0n) is 23.3. The van der Waals surface area contributed by atoms with Crippen LogP contribution in [0.4, 0.5) is 0 Å². The number of aliphatic hydroxyl groups excluding tert-OH is 1. The molecule has 216 valence electrons. The quantitative estimate of drug-likeness (QED) is 0.122. The van der Waals surface area contributed by atoms with Crippen molar-refractivity contribution in [3.05, 3.63) is 129 Å². The third-order valence-electron chi connectivity index (χ3n) is 6.76. The average molecular weight is 598 g/mol. The average Bonchev–Trinajstić information content (AvgIpc) is 3.02. The number of benzene rings is 4. The first kappa shape index (κ1) is 30.8. The van der Waals surface area contributed by atoms with Crippen molar-refractivity contribution in [1.29, 1.82) is 0 Å². The lowest BCUT2D eigenvalue weighted by molar-refractivity contribution is -0.176. The van der Waals surface area contributed by atoms with Gasteiger partial charge in [0.05, 0.1) is 34.0 Å². The second-order valence-corrected chi connectivity index (χ2v) is 10.2. The van der Waals surface area contributed by atoms with Gasteiger partial charge in [-0.1, -0.05) is 83.9 Å². The molecule has 4 rings (SSSR count). The van der Waals surface area contributed by atoms with Crippen LogP contribution in [0.3, 0.4) is 0 Å². The molecule has 8 heteroatoms. The summed E-state index contributed by atoms with van der Waals surface area (Å²) in [6, 6.07) is 30.6. The number of aliphatic hydroxyl groups is 1. The van der Waals surface area contributed by atoms with Crippen LogP contribution in [0.5, 0.6) is 11.5 Å². The van der Waals surface area contributed by atoms with Gasteiger partial charge in [0.1, 0.15) is 23.2 Å². The normalized spacial score (nSPS) is 13.0. The van der Waals surface area contributed by atoms with Crippen LogP contribution in [0.25, 0.3) is 0 Å². The zero-order valence-corrected chi connectivity index (χ0v) is 24.8. The van der Waals surface area contributed by atoms with E-state index >= 15 is 0 Å². The van der Waals surface area contributed by atoms with Crippen molar-refractivity contribution in [3.8, 4) is 11.5 Å². The molecule has 0 aliphatic heterocycles. The van der Waals surface area contributed by atoms with Gasteiger partial charge in [-0.25, -0.2) is 0 Å². The number of halogens is 2. The first-order valence-electron chi connectivity index (χ1n) is 13.2. The van der Waals surface area contributed by atoms with Gasteiger partial charge >= 0.3 is 0 Å². The monoisotopic (exact) mass is 596 g/mol. The molecule has 0 amide bonds. The lowest BCUT2D eigenvalue weighted by atomic mass is 9.79. The third-order valence-corrected chi connectivity index (χ3v) is 7.47. The van der Waals surface area contributed by atoms with Crippen LogP contribution in [0.15, 0.2) is 97.1 Å². The molecular weight excluding hydrogens is 563 g/mol. The van der Waals surface area contributed by atoms with Crippen molar-refractivity contribution in [2.24, 2.45) is 0 Å². The molecule has 41 heavy (non-hydrogen) atoms. The van der Waals surface area contributed by atoms with E-state index in [4.69, 9.17) is 46.9 Å². The lowest BCUT2D eigenvalue weighted by Gasteiger charge is -2.39. The van der Waals surface area contributed by atoms with Gasteiger partial charge in [-0.05, 0) is 60.0 Å². The Kier molecular flexibility index (Phi) is 11.1. The van der Waals surface area contributed by atoms with Gasteiger partial charge in [-0.2, -0.15) is 0 Å². The molecule has 4 aromatic carbocycles. The van der Waals surface area contributed by atoms with E-state index in [0.717, 1.165) is 28.2 Å². The van der Waals surface area contributed by atoms with E-state index in [1.54, 1.807) is 39.3 Å². The summed E-state index contributed by atoms with van der Waals surface area (Å²) < 4.78 is 29.6. The van der Waals surface area contributed by atoms with Crippen molar-refractivity contribution in [1.82, 2.24) is 0 Å². The molecule has 6 nitrogen and oxygen atoms in total. The Labute approximate surface area is 251 Å². The predicted molar refractivity (Wildman–Crippen MR) is 161 cm³/mol. The highest BCUT2D eigenvalue weighted by atomic mass is 35.5. The van der Waals surface area contributed by atoms with E-state index in [1.165, 1.54) is 0 Å². The minimum Gasteiger partial charge on any atom is -0.497 e. The fraction of sp³-hybridized carbons (Fsp3) is 0.273. The maximum atomic E-state index is 10.5. The van der Waals surface area contributed by atoms with Crippen LogP contribution < -0.4 is 9.47 Å². The predicted octanol–water partition coefficient (Wildman–Crippen LogP) is 7.26. The summed E-state index contributed by atoms with van der Waals surface area (Å²) in [4.78, 5) is 0. The molecule has 0 aliphatic carbocycles. The van der Waals surface area contributed by atoms with Crippen molar-refractivity contribution in [3.63, 3.8) is 0 Å². The molecule has 0 saturated heterocycles. The van der Waals surface area contributed by atoms with Crippen LogP contribution in [0.2, 0.25) is 10.0 Å². The van der Waals surface area contributed by atoms with Crippen LogP contribution in [0.1, 0.15) is 29.2 Å². The zero-order chi connectivity index (χ0) is 29.2. The van der Waals surface area contributed by atoms with E-state index in [0.29, 0.717) is 15.6 Å². The Hall–Kier alpha value is -3.10. The SMILES string of the molecule is COc1ccc(C(OC(CO)COC(C)OCc2c(Cl)cccc2Cl)(c2ccccc2)c2ccc(OC)cc2)cc1. The van der Waals surface area contributed by atoms with Crippen LogP contribution >= 0.6 is 23.2 Å². The Bertz CT molecular complexity index is 1300. The van der Waals surface area contributed by atoms with Crippen molar-refractivity contribution >= 4 is 23.2 Å². The highest BCUT2D eigenvalue weighted by Crippen LogP contribution is 2.42. The van der Waals surface area contributed by atoms with Gasteiger partial charge in [-0.3, -0.25) is 0 Å². The largest absolute Gasteiger partial charge is 0.497 e. The molecule has 4 aromatic rings. The highest BCUT2D eigenvalue weighted by Gasteiger charge is 2.40. The smallest absolute Gasteiger partial charge is 0.155 e. The van der Waals surface area contributed by atoms with E-state index in [-0.39, 0.29) is 19.8 Å². The summed E-state index contributed by atoms with van der Waals surface area (Å²) in [5.41, 5.74) is 2.18. The van der Waals surface area contributed by atoms with Crippen molar-refractivity contribution < 1.29 is 28.8 Å². The van der Waals surface area contributed by atoms with E-state index in [1.807, 2.05) is 78.9 Å². The summed E-state index contributed by atoms with van der Waals surface area (Å²) in [6.07, 6.45) is -1.33. The van der Waals surface area contributed by atoms with E-state index < -0.39 is 18.0 Å². The molecule has 0 aliphatic rings. The van der Waals surface area contributed by atoms with Gasteiger partial charge < -0.3 is 28.8 Å². The second-order valence-electron chi connectivity index (χ2n) is 9.34. The second kappa shape index (κ2) is 14.7.